The zero-order valence-corrected chi connectivity index (χ0v) is 11.3. The van der Waals surface area contributed by atoms with E-state index in [-0.39, 0.29) is 6.61 Å². The van der Waals surface area contributed by atoms with Crippen LogP contribution in [0.25, 0.3) is 0 Å². The van der Waals surface area contributed by atoms with Crippen molar-refractivity contribution in [3.8, 4) is 0 Å². The summed E-state index contributed by atoms with van der Waals surface area (Å²) in [6.07, 6.45) is -0.659. The van der Waals surface area contributed by atoms with E-state index in [1.807, 2.05) is 27.7 Å². The number of ether oxygens (including phenoxy) is 2. The van der Waals surface area contributed by atoms with Gasteiger partial charge in [0.15, 0.2) is 0 Å². The van der Waals surface area contributed by atoms with E-state index in [2.05, 4.69) is 5.32 Å². The largest absolute Gasteiger partial charge is 0.463 e. The molecule has 0 radical (unpaired) electrons. The van der Waals surface area contributed by atoms with E-state index in [1.165, 1.54) is 0 Å². The van der Waals surface area contributed by atoms with Gasteiger partial charge in [-0.2, -0.15) is 0 Å². The molecule has 1 N–H and O–H groups in total. The second-order valence-corrected chi connectivity index (χ2v) is 4.83. The van der Waals surface area contributed by atoms with Crippen LogP contribution in [0.5, 0.6) is 0 Å². The number of rotatable bonds is 5. The van der Waals surface area contributed by atoms with E-state index in [9.17, 15) is 9.59 Å². The number of hydrogen-bond acceptors (Lipinski definition) is 4. The summed E-state index contributed by atoms with van der Waals surface area (Å²) in [5, 5.41) is 2.56. The molecule has 1 atom stereocenters. The maximum Gasteiger partial charge on any atom is 0.408 e. The van der Waals surface area contributed by atoms with Gasteiger partial charge in [0.2, 0.25) is 6.10 Å². The van der Waals surface area contributed by atoms with Crippen molar-refractivity contribution in [1.29, 1.82) is 0 Å². The first-order chi connectivity index (χ1) is 7.82. The third kappa shape index (κ3) is 6.14. The van der Waals surface area contributed by atoms with E-state index in [4.69, 9.17) is 9.47 Å². The van der Waals surface area contributed by atoms with Gasteiger partial charge in [0.25, 0.3) is 0 Å². The third-order valence-electron chi connectivity index (χ3n) is 2.03. The molecule has 0 aliphatic carbocycles. The maximum absolute atomic E-state index is 11.7. The van der Waals surface area contributed by atoms with Gasteiger partial charge >= 0.3 is 12.1 Å². The van der Waals surface area contributed by atoms with Crippen LogP contribution in [0.4, 0.5) is 4.79 Å². The third-order valence-corrected chi connectivity index (χ3v) is 2.03. The zero-order valence-electron chi connectivity index (χ0n) is 11.3. The van der Waals surface area contributed by atoms with Gasteiger partial charge in [-0.05, 0) is 13.3 Å². The minimum Gasteiger partial charge on any atom is -0.463 e. The Bertz CT molecular complexity index is 258. The summed E-state index contributed by atoms with van der Waals surface area (Å²) in [6.45, 7) is 9.91. The van der Waals surface area contributed by atoms with Crippen molar-refractivity contribution in [2.45, 2.75) is 47.1 Å². The highest BCUT2D eigenvalue weighted by Crippen LogP contribution is 2.23. The molecule has 17 heavy (non-hydrogen) atoms. The summed E-state index contributed by atoms with van der Waals surface area (Å²) >= 11 is 0. The van der Waals surface area contributed by atoms with Crippen molar-refractivity contribution in [2.75, 3.05) is 13.2 Å². The van der Waals surface area contributed by atoms with Gasteiger partial charge < -0.3 is 14.8 Å². The Balaban J connectivity index is 4.50. The molecule has 5 heteroatoms. The standard InChI is InChI=1S/C12H23NO4/c1-6-8-13-11(15)17-9(12(3,4)5)10(14)16-7-2/h9H,6-8H2,1-5H3,(H,13,15)/t9-/m1/s1. The topological polar surface area (TPSA) is 64.6 Å². The lowest BCUT2D eigenvalue weighted by Gasteiger charge is -2.28. The van der Waals surface area contributed by atoms with Gasteiger partial charge in [0.1, 0.15) is 0 Å². The molecule has 100 valence electrons. The van der Waals surface area contributed by atoms with E-state index in [0.717, 1.165) is 6.42 Å². The van der Waals surface area contributed by atoms with Crippen molar-refractivity contribution >= 4 is 12.1 Å². The average Bonchev–Trinajstić information content (AvgIpc) is 2.21. The van der Waals surface area contributed by atoms with Crippen molar-refractivity contribution in [2.24, 2.45) is 5.41 Å². The van der Waals surface area contributed by atoms with Crippen LogP contribution in [-0.4, -0.2) is 31.3 Å². The molecule has 0 rings (SSSR count). The first-order valence-corrected chi connectivity index (χ1v) is 5.94. The predicted molar refractivity (Wildman–Crippen MR) is 64.7 cm³/mol. The van der Waals surface area contributed by atoms with Crippen LogP contribution in [0.3, 0.4) is 0 Å². The number of esters is 1. The van der Waals surface area contributed by atoms with Crippen LogP contribution < -0.4 is 5.32 Å². The molecule has 5 nitrogen and oxygen atoms in total. The van der Waals surface area contributed by atoms with E-state index in [0.29, 0.717) is 6.54 Å². The Hall–Kier alpha value is -1.26. The van der Waals surface area contributed by atoms with Crippen molar-refractivity contribution in [1.82, 2.24) is 5.32 Å². The van der Waals surface area contributed by atoms with Crippen molar-refractivity contribution < 1.29 is 19.1 Å². The van der Waals surface area contributed by atoms with Gasteiger partial charge in [-0.1, -0.05) is 27.7 Å². The monoisotopic (exact) mass is 245 g/mol. The Labute approximate surface area is 103 Å². The lowest BCUT2D eigenvalue weighted by molar-refractivity contribution is -0.159. The maximum atomic E-state index is 11.7. The average molecular weight is 245 g/mol. The zero-order chi connectivity index (χ0) is 13.5. The molecule has 0 unspecified atom stereocenters. The number of hydrogen-bond donors (Lipinski definition) is 1. The Morgan fingerprint density at radius 3 is 2.24 bits per heavy atom. The van der Waals surface area contributed by atoms with Crippen LogP contribution in [-0.2, 0) is 14.3 Å². The van der Waals surface area contributed by atoms with Gasteiger partial charge in [-0.3, -0.25) is 0 Å². The molecule has 0 saturated heterocycles. The fourth-order valence-electron chi connectivity index (χ4n) is 1.17. The molecular weight excluding hydrogens is 222 g/mol. The predicted octanol–water partition coefficient (Wildman–Crippen LogP) is 2.10. The minimum atomic E-state index is -0.890. The highest BCUT2D eigenvalue weighted by atomic mass is 16.6. The molecule has 0 aromatic rings. The SMILES string of the molecule is CCCNC(=O)O[C@H](C(=O)OCC)C(C)(C)C. The van der Waals surface area contributed by atoms with Crippen molar-refractivity contribution in [3.05, 3.63) is 0 Å². The smallest absolute Gasteiger partial charge is 0.408 e. The summed E-state index contributed by atoms with van der Waals surface area (Å²) in [7, 11) is 0. The number of carbonyl (C=O) groups excluding carboxylic acids is 2. The van der Waals surface area contributed by atoms with Crippen LogP contribution in [0.15, 0.2) is 0 Å². The second-order valence-electron chi connectivity index (χ2n) is 4.83. The molecule has 0 saturated carbocycles. The Morgan fingerprint density at radius 2 is 1.82 bits per heavy atom. The molecule has 0 aromatic carbocycles. The molecule has 0 spiro atoms. The van der Waals surface area contributed by atoms with Gasteiger partial charge in [0, 0.05) is 12.0 Å². The minimum absolute atomic E-state index is 0.269. The molecule has 0 aliphatic heterocycles. The first kappa shape index (κ1) is 15.7. The summed E-state index contributed by atoms with van der Waals surface area (Å²) in [4.78, 5) is 23.1. The Morgan fingerprint density at radius 1 is 1.24 bits per heavy atom. The van der Waals surface area contributed by atoms with Crippen LogP contribution in [0.1, 0.15) is 41.0 Å². The molecule has 0 fully saturated rings. The summed E-state index contributed by atoms with van der Waals surface area (Å²) in [5.41, 5.74) is -0.490. The second kappa shape index (κ2) is 7.14. The first-order valence-electron chi connectivity index (χ1n) is 5.94. The van der Waals surface area contributed by atoms with Crippen LogP contribution in [0, 0.1) is 5.41 Å². The van der Waals surface area contributed by atoms with E-state index in [1.54, 1.807) is 6.92 Å². The van der Waals surface area contributed by atoms with Gasteiger partial charge in [-0.25, -0.2) is 9.59 Å². The number of carbonyl (C=O) groups is 2. The summed E-state index contributed by atoms with van der Waals surface area (Å²) in [5.74, 6) is -0.508. The molecular formula is C12H23NO4. The molecule has 0 aliphatic rings. The highest BCUT2D eigenvalue weighted by Gasteiger charge is 2.36. The summed E-state index contributed by atoms with van der Waals surface area (Å²) < 4.78 is 10.00. The highest BCUT2D eigenvalue weighted by molar-refractivity contribution is 5.79. The quantitative estimate of drug-likeness (QED) is 0.753. The molecule has 0 bridgehead atoms. The van der Waals surface area contributed by atoms with E-state index < -0.39 is 23.6 Å². The van der Waals surface area contributed by atoms with Crippen LogP contribution in [0.2, 0.25) is 0 Å². The molecule has 1 amide bonds. The van der Waals surface area contributed by atoms with Crippen molar-refractivity contribution in [3.63, 3.8) is 0 Å². The lowest BCUT2D eigenvalue weighted by Crippen LogP contribution is -2.42. The van der Waals surface area contributed by atoms with Gasteiger partial charge in [-0.15, -0.1) is 0 Å². The Kier molecular flexibility index (Phi) is 6.61. The lowest BCUT2D eigenvalue weighted by atomic mass is 9.89. The molecule has 0 heterocycles. The number of amides is 1. The fourth-order valence-corrected chi connectivity index (χ4v) is 1.17. The number of alkyl carbamates (subject to hydrolysis) is 1. The molecule has 0 aromatic heterocycles. The van der Waals surface area contributed by atoms with Crippen LogP contribution >= 0.6 is 0 Å². The normalized spacial score (nSPS) is 12.8. The number of nitrogens with one attached hydrogen (secondary N) is 1. The van der Waals surface area contributed by atoms with Gasteiger partial charge in [0.05, 0.1) is 6.61 Å². The summed E-state index contributed by atoms with van der Waals surface area (Å²) in [6, 6.07) is 0. The fraction of sp³-hybridized carbons (Fsp3) is 0.833. The van der Waals surface area contributed by atoms with E-state index >= 15 is 0 Å².